The fourth-order valence-corrected chi connectivity index (χ4v) is 0.637. The van der Waals surface area contributed by atoms with Gasteiger partial charge in [0, 0.05) is 6.04 Å². The lowest BCUT2D eigenvalue weighted by Gasteiger charge is -2.12. The first-order valence-electron chi connectivity index (χ1n) is 3.90. The molecule has 0 radical (unpaired) electrons. The number of hydrogen-bond donors (Lipinski definition) is 1. The Labute approximate surface area is 72.5 Å². The maximum atomic E-state index is 10.9. The monoisotopic (exact) mass is 170 g/mol. The van der Waals surface area contributed by atoms with Gasteiger partial charge in [-0.25, -0.2) is 4.79 Å². The first-order valence-corrected chi connectivity index (χ1v) is 3.90. The number of hydrogen-bond acceptors (Lipinski definition) is 3. The van der Waals surface area contributed by atoms with Crippen molar-refractivity contribution in [2.24, 2.45) is 0 Å². The maximum Gasteiger partial charge on any atom is 0.407 e. The van der Waals surface area contributed by atoms with Crippen LogP contribution in [0.25, 0.3) is 0 Å². The standard InChI is InChI=1S/C8H14N2O2/c1-6(2)12-8(11)10-7(3)4-5-9/h6-7H,4H2,1-3H3,(H,10,11). The van der Waals surface area contributed by atoms with Crippen LogP contribution in [0.4, 0.5) is 4.79 Å². The van der Waals surface area contributed by atoms with E-state index in [2.05, 4.69) is 5.32 Å². The molecule has 0 aromatic heterocycles. The van der Waals surface area contributed by atoms with Crippen LogP contribution in [-0.2, 0) is 4.74 Å². The second-order valence-corrected chi connectivity index (χ2v) is 2.86. The van der Waals surface area contributed by atoms with Crippen molar-refractivity contribution in [3.8, 4) is 6.07 Å². The lowest BCUT2D eigenvalue weighted by molar-refractivity contribution is 0.113. The van der Waals surface area contributed by atoms with Crippen molar-refractivity contribution in [2.75, 3.05) is 0 Å². The summed E-state index contributed by atoms with van der Waals surface area (Å²) in [6.07, 6.45) is -0.292. The lowest BCUT2D eigenvalue weighted by atomic mass is 10.3. The third-order valence-electron chi connectivity index (χ3n) is 1.10. The minimum absolute atomic E-state index is 0.126. The molecule has 1 atom stereocenters. The minimum Gasteiger partial charge on any atom is -0.447 e. The molecule has 1 N–H and O–H groups in total. The van der Waals surface area contributed by atoms with Gasteiger partial charge in [0.05, 0.1) is 18.6 Å². The summed E-state index contributed by atoms with van der Waals surface area (Å²) >= 11 is 0. The third-order valence-corrected chi connectivity index (χ3v) is 1.10. The van der Waals surface area contributed by atoms with Gasteiger partial charge in [-0.05, 0) is 20.8 Å². The molecule has 1 amide bonds. The molecular formula is C8H14N2O2. The number of nitrogens with one attached hydrogen (secondary N) is 1. The second kappa shape index (κ2) is 5.42. The highest BCUT2D eigenvalue weighted by atomic mass is 16.6. The van der Waals surface area contributed by atoms with Crippen molar-refractivity contribution in [3.05, 3.63) is 0 Å². The number of rotatable bonds is 3. The predicted molar refractivity (Wildman–Crippen MR) is 44.4 cm³/mol. The van der Waals surface area contributed by atoms with Crippen LogP contribution in [0.5, 0.6) is 0 Å². The van der Waals surface area contributed by atoms with E-state index in [0.29, 0.717) is 6.42 Å². The predicted octanol–water partition coefficient (Wildman–Crippen LogP) is 1.42. The summed E-state index contributed by atoms with van der Waals surface area (Å²) in [5, 5.41) is 10.8. The lowest BCUT2D eigenvalue weighted by Crippen LogP contribution is -2.34. The van der Waals surface area contributed by atoms with Gasteiger partial charge in [0.15, 0.2) is 0 Å². The molecule has 0 rings (SSSR count). The van der Waals surface area contributed by atoms with Crippen LogP contribution in [-0.4, -0.2) is 18.2 Å². The van der Waals surface area contributed by atoms with E-state index >= 15 is 0 Å². The number of alkyl carbamates (subject to hydrolysis) is 1. The topological polar surface area (TPSA) is 62.1 Å². The highest BCUT2D eigenvalue weighted by Crippen LogP contribution is 1.92. The molecule has 0 aromatic rings. The van der Waals surface area contributed by atoms with Crippen molar-refractivity contribution >= 4 is 6.09 Å². The molecule has 4 heteroatoms. The molecule has 1 unspecified atom stereocenters. The van der Waals surface area contributed by atoms with E-state index in [1.807, 2.05) is 6.07 Å². The van der Waals surface area contributed by atoms with Crippen LogP contribution in [0.2, 0.25) is 0 Å². The highest BCUT2D eigenvalue weighted by molar-refractivity contribution is 5.67. The molecule has 0 aliphatic rings. The smallest absolute Gasteiger partial charge is 0.407 e. The molecule has 0 fully saturated rings. The Bertz CT molecular complexity index is 184. The van der Waals surface area contributed by atoms with Crippen LogP contribution in [0.3, 0.4) is 0 Å². The molecule has 0 aliphatic carbocycles. The van der Waals surface area contributed by atoms with E-state index in [4.69, 9.17) is 10.00 Å². The number of carbonyl (C=O) groups is 1. The molecule has 68 valence electrons. The SMILES string of the molecule is CC(CC#N)NC(=O)OC(C)C. The summed E-state index contributed by atoms with van der Waals surface area (Å²) < 4.78 is 4.81. The van der Waals surface area contributed by atoms with Gasteiger partial charge < -0.3 is 10.1 Å². The highest BCUT2D eigenvalue weighted by Gasteiger charge is 2.08. The number of ether oxygens (including phenoxy) is 1. The van der Waals surface area contributed by atoms with Crippen LogP contribution in [0, 0.1) is 11.3 Å². The van der Waals surface area contributed by atoms with Gasteiger partial charge in [0.1, 0.15) is 0 Å². The average molecular weight is 170 g/mol. The van der Waals surface area contributed by atoms with Crippen molar-refractivity contribution < 1.29 is 9.53 Å². The van der Waals surface area contributed by atoms with Crippen LogP contribution < -0.4 is 5.32 Å². The zero-order valence-corrected chi connectivity index (χ0v) is 7.63. The van der Waals surface area contributed by atoms with E-state index in [-0.39, 0.29) is 12.1 Å². The molecule has 0 saturated heterocycles. The van der Waals surface area contributed by atoms with Gasteiger partial charge in [-0.2, -0.15) is 5.26 Å². The quantitative estimate of drug-likeness (QED) is 0.696. The molecule has 0 aromatic carbocycles. The molecular weight excluding hydrogens is 156 g/mol. The number of nitrogens with zero attached hydrogens (tertiary/aromatic N) is 1. The van der Waals surface area contributed by atoms with E-state index in [1.54, 1.807) is 20.8 Å². The molecule has 0 aliphatic heterocycles. The Morgan fingerprint density at radius 3 is 2.58 bits per heavy atom. The zero-order valence-electron chi connectivity index (χ0n) is 7.63. The Balaban J connectivity index is 3.63. The van der Waals surface area contributed by atoms with Gasteiger partial charge >= 0.3 is 6.09 Å². The van der Waals surface area contributed by atoms with Gasteiger partial charge in [0.2, 0.25) is 0 Å². The van der Waals surface area contributed by atoms with E-state index in [9.17, 15) is 4.79 Å². The zero-order chi connectivity index (χ0) is 9.56. The summed E-state index contributed by atoms with van der Waals surface area (Å²) in [5.41, 5.74) is 0. The van der Waals surface area contributed by atoms with Crippen LogP contribution in [0.1, 0.15) is 27.2 Å². The van der Waals surface area contributed by atoms with Gasteiger partial charge in [0.25, 0.3) is 0 Å². The summed E-state index contributed by atoms with van der Waals surface area (Å²) in [7, 11) is 0. The maximum absolute atomic E-state index is 10.9. The summed E-state index contributed by atoms with van der Waals surface area (Å²) in [6, 6.07) is 1.80. The van der Waals surface area contributed by atoms with Gasteiger partial charge in [-0.1, -0.05) is 0 Å². The third kappa shape index (κ3) is 5.54. The molecule has 12 heavy (non-hydrogen) atoms. The number of carbonyl (C=O) groups excluding carboxylic acids is 1. The van der Waals surface area contributed by atoms with Gasteiger partial charge in [-0.3, -0.25) is 0 Å². The fraction of sp³-hybridized carbons (Fsp3) is 0.750. The first-order chi connectivity index (χ1) is 5.56. The molecule has 0 spiro atoms. The molecule has 4 nitrogen and oxygen atoms in total. The Morgan fingerprint density at radius 1 is 1.58 bits per heavy atom. The van der Waals surface area contributed by atoms with E-state index < -0.39 is 6.09 Å². The normalized spacial score (nSPS) is 11.9. The van der Waals surface area contributed by atoms with Crippen molar-refractivity contribution in [3.63, 3.8) is 0 Å². The largest absolute Gasteiger partial charge is 0.447 e. The number of nitriles is 1. The van der Waals surface area contributed by atoms with Crippen molar-refractivity contribution in [1.82, 2.24) is 5.32 Å². The summed E-state index contributed by atoms with van der Waals surface area (Å²) in [5.74, 6) is 0. The minimum atomic E-state index is -0.465. The Kier molecular flexibility index (Phi) is 4.86. The molecule has 0 saturated carbocycles. The summed E-state index contributed by atoms with van der Waals surface area (Å²) in [6.45, 7) is 5.30. The summed E-state index contributed by atoms with van der Waals surface area (Å²) in [4.78, 5) is 10.9. The first kappa shape index (κ1) is 10.8. The van der Waals surface area contributed by atoms with E-state index in [0.717, 1.165) is 0 Å². The molecule has 0 bridgehead atoms. The molecule has 0 heterocycles. The van der Waals surface area contributed by atoms with Crippen LogP contribution >= 0.6 is 0 Å². The van der Waals surface area contributed by atoms with E-state index in [1.165, 1.54) is 0 Å². The second-order valence-electron chi connectivity index (χ2n) is 2.86. The Hall–Kier alpha value is -1.24. The number of amides is 1. The van der Waals surface area contributed by atoms with Crippen molar-refractivity contribution in [1.29, 1.82) is 5.26 Å². The van der Waals surface area contributed by atoms with Crippen LogP contribution in [0.15, 0.2) is 0 Å². The Morgan fingerprint density at radius 2 is 2.17 bits per heavy atom. The average Bonchev–Trinajstić information content (AvgIpc) is 1.84. The van der Waals surface area contributed by atoms with Gasteiger partial charge in [-0.15, -0.1) is 0 Å². The fourth-order valence-electron chi connectivity index (χ4n) is 0.637. The van der Waals surface area contributed by atoms with Crippen molar-refractivity contribution in [2.45, 2.75) is 39.3 Å².